The number of nitrogens with one attached hydrogen (secondary N) is 1. The van der Waals surface area contributed by atoms with E-state index < -0.39 is 6.10 Å². The highest BCUT2D eigenvalue weighted by molar-refractivity contribution is 5.81. The molecule has 1 aromatic rings. The highest BCUT2D eigenvalue weighted by atomic mass is 16.5. The van der Waals surface area contributed by atoms with Gasteiger partial charge in [-0.2, -0.15) is 5.26 Å². The van der Waals surface area contributed by atoms with Crippen LogP contribution < -0.4 is 10.1 Å². The summed E-state index contributed by atoms with van der Waals surface area (Å²) in [6, 6.07) is 9.16. The Labute approximate surface area is 156 Å². The first kappa shape index (κ1) is 18.7. The molecular weight excluding hydrogens is 326 g/mol. The van der Waals surface area contributed by atoms with Crippen LogP contribution in [0.2, 0.25) is 0 Å². The van der Waals surface area contributed by atoms with Crippen LogP contribution in [0, 0.1) is 17.2 Å². The molecule has 1 N–H and O–H groups in total. The Morgan fingerprint density at radius 3 is 2.50 bits per heavy atom. The number of nitriles is 1. The summed E-state index contributed by atoms with van der Waals surface area (Å²) in [7, 11) is 0. The number of hydrogen-bond acceptors (Lipinski definition) is 4. The second-order valence-corrected chi connectivity index (χ2v) is 7.63. The molecule has 1 aliphatic carbocycles. The Bertz CT molecular complexity index is 624. The van der Waals surface area contributed by atoms with Gasteiger partial charge in [-0.3, -0.25) is 4.79 Å². The lowest BCUT2D eigenvalue weighted by Crippen LogP contribution is -2.48. The zero-order valence-electron chi connectivity index (χ0n) is 15.6. The predicted molar refractivity (Wildman–Crippen MR) is 101 cm³/mol. The van der Waals surface area contributed by atoms with Crippen molar-refractivity contribution in [3.8, 4) is 11.8 Å². The largest absolute Gasteiger partial charge is 0.481 e. The van der Waals surface area contributed by atoms with Gasteiger partial charge >= 0.3 is 0 Å². The minimum atomic E-state index is -0.542. The second kappa shape index (κ2) is 9.05. The maximum absolute atomic E-state index is 12.4. The first-order chi connectivity index (χ1) is 12.6. The van der Waals surface area contributed by atoms with Gasteiger partial charge in [0.2, 0.25) is 0 Å². The number of rotatable bonds is 6. The molecule has 5 nitrogen and oxygen atoms in total. The van der Waals surface area contributed by atoms with Crippen molar-refractivity contribution in [2.75, 3.05) is 19.6 Å². The minimum Gasteiger partial charge on any atom is -0.481 e. The van der Waals surface area contributed by atoms with Crippen molar-refractivity contribution in [1.29, 1.82) is 5.26 Å². The normalized spacial score (nSPS) is 20.5. The SMILES string of the molecule is CC(Oc1ccc(C#N)cc1)C(=O)NC1CCN(CC2CCCC2)CC1. The molecular formula is C21H29N3O2. The third-order valence-electron chi connectivity index (χ3n) is 5.59. The monoisotopic (exact) mass is 355 g/mol. The Morgan fingerprint density at radius 2 is 1.88 bits per heavy atom. The van der Waals surface area contributed by atoms with E-state index in [1.165, 1.54) is 32.2 Å². The molecule has 1 aromatic carbocycles. The van der Waals surface area contributed by atoms with Gasteiger partial charge in [0.25, 0.3) is 5.91 Å². The summed E-state index contributed by atoms with van der Waals surface area (Å²) >= 11 is 0. The van der Waals surface area contributed by atoms with Crippen LogP contribution >= 0.6 is 0 Å². The lowest BCUT2D eigenvalue weighted by atomic mass is 10.0. The van der Waals surface area contributed by atoms with Crippen LogP contribution in [0.4, 0.5) is 0 Å². The van der Waals surface area contributed by atoms with E-state index in [0.29, 0.717) is 11.3 Å². The van der Waals surface area contributed by atoms with E-state index in [0.717, 1.165) is 31.8 Å². The maximum Gasteiger partial charge on any atom is 0.260 e. The van der Waals surface area contributed by atoms with Crippen LogP contribution in [0.1, 0.15) is 51.0 Å². The predicted octanol–water partition coefficient (Wildman–Crippen LogP) is 3.10. The second-order valence-electron chi connectivity index (χ2n) is 7.63. The van der Waals surface area contributed by atoms with Crippen LogP contribution in [0.15, 0.2) is 24.3 Å². The summed E-state index contributed by atoms with van der Waals surface area (Å²) in [6.45, 7) is 5.15. The highest BCUT2D eigenvalue weighted by Gasteiger charge is 2.25. The molecule has 1 unspecified atom stereocenters. The first-order valence-corrected chi connectivity index (χ1v) is 9.83. The lowest BCUT2D eigenvalue weighted by Gasteiger charge is -2.34. The molecule has 26 heavy (non-hydrogen) atoms. The quantitative estimate of drug-likeness (QED) is 0.851. The maximum atomic E-state index is 12.4. The third kappa shape index (κ3) is 5.22. The van der Waals surface area contributed by atoms with Crippen LogP contribution in [0.25, 0.3) is 0 Å². The van der Waals surface area contributed by atoms with Gasteiger partial charge in [0.15, 0.2) is 6.10 Å². The zero-order valence-corrected chi connectivity index (χ0v) is 15.6. The van der Waals surface area contributed by atoms with E-state index in [1.54, 1.807) is 31.2 Å². The minimum absolute atomic E-state index is 0.0661. The molecule has 1 amide bonds. The Balaban J connectivity index is 1.39. The van der Waals surface area contributed by atoms with E-state index in [-0.39, 0.29) is 11.9 Å². The smallest absolute Gasteiger partial charge is 0.260 e. The molecule has 1 aliphatic heterocycles. The summed E-state index contributed by atoms with van der Waals surface area (Å²) in [6.07, 6.45) is 7.06. The number of carbonyl (C=O) groups excluding carboxylic acids is 1. The average molecular weight is 355 g/mol. The van der Waals surface area contributed by atoms with Crippen LogP contribution in [-0.4, -0.2) is 42.6 Å². The van der Waals surface area contributed by atoms with Gasteiger partial charge in [-0.15, -0.1) is 0 Å². The summed E-state index contributed by atoms with van der Waals surface area (Å²) < 4.78 is 5.70. The highest BCUT2D eigenvalue weighted by Crippen LogP contribution is 2.26. The number of benzene rings is 1. The van der Waals surface area contributed by atoms with Crippen molar-refractivity contribution in [2.24, 2.45) is 5.92 Å². The standard InChI is InChI=1S/C21H29N3O2/c1-16(26-20-8-6-17(14-22)7-9-20)21(25)23-19-10-12-24(13-11-19)15-18-4-2-3-5-18/h6-9,16,18-19H,2-5,10-13,15H2,1H3,(H,23,25). The number of ether oxygens (including phenoxy) is 1. The number of piperidine rings is 1. The van der Waals surface area contributed by atoms with Crippen molar-refractivity contribution in [2.45, 2.75) is 57.6 Å². The van der Waals surface area contributed by atoms with Gasteiger partial charge in [-0.25, -0.2) is 0 Å². The average Bonchev–Trinajstić information content (AvgIpc) is 3.17. The van der Waals surface area contributed by atoms with Crippen molar-refractivity contribution in [1.82, 2.24) is 10.2 Å². The fourth-order valence-electron chi connectivity index (χ4n) is 4.00. The molecule has 0 bridgehead atoms. The zero-order chi connectivity index (χ0) is 18.4. The van der Waals surface area contributed by atoms with Crippen molar-refractivity contribution >= 4 is 5.91 Å². The molecule has 0 spiro atoms. The molecule has 1 atom stereocenters. The van der Waals surface area contributed by atoms with Gasteiger partial charge < -0.3 is 15.0 Å². The number of hydrogen-bond donors (Lipinski definition) is 1. The topological polar surface area (TPSA) is 65.4 Å². The van der Waals surface area contributed by atoms with Gasteiger partial charge in [-0.05, 0) is 62.8 Å². The van der Waals surface area contributed by atoms with Crippen molar-refractivity contribution < 1.29 is 9.53 Å². The molecule has 1 saturated heterocycles. The number of carbonyl (C=O) groups is 1. The summed E-state index contributed by atoms with van der Waals surface area (Å²) in [4.78, 5) is 15.0. The molecule has 2 fully saturated rings. The lowest BCUT2D eigenvalue weighted by molar-refractivity contribution is -0.128. The Morgan fingerprint density at radius 1 is 1.23 bits per heavy atom. The molecule has 5 heteroatoms. The van der Waals surface area contributed by atoms with Gasteiger partial charge in [0, 0.05) is 25.7 Å². The molecule has 0 aromatic heterocycles. The summed E-state index contributed by atoms with van der Waals surface area (Å²) in [5.74, 6) is 1.43. The van der Waals surface area contributed by atoms with E-state index in [4.69, 9.17) is 10.00 Å². The molecule has 1 saturated carbocycles. The van der Waals surface area contributed by atoms with E-state index in [2.05, 4.69) is 16.3 Å². The Kier molecular flexibility index (Phi) is 6.51. The van der Waals surface area contributed by atoms with Gasteiger partial charge in [0.05, 0.1) is 11.6 Å². The van der Waals surface area contributed by atoms with Gasteiger partial charge in [0.1, 0.15) is 5.75 Å². The van der Waals surface area contributed by atoms with Crippen molar-refractivity contribution in [3.05, 3.63) is 29.8 Å². The molecule has 2 aliphatic rings. The molecule has 1 heterocycles. The fourth-order valence-corrected chi connectivity index (χ4v) is 4.00. The number of likely N-dealkylation sites (tertiary alicyclic amines) is 1. The van der Waals surface area contributed by atoms with E-state index in [9.17, 15) is 4.79 Å². The summed E-state index contributed by atoms with van der Waals surface area (Å²) in [5, 5.41) is 12.0. The number of amides is 1. The first-order valence-electron chi connectivity index (χ1n) is 9.83. The van der Waals surface area contributed by atoms with Gasteiger partial charge in [-0.1, -0.05) is 12.8 Å². The Hall–Kier alpha value is -2.06. The number of nitrogens with zero attached hydrogens (tertiary/aromatic N) is 2. The molecule has 140 valence electrons. The summed E-state index contributed by atoms with van der Waals surface area (Å²) in [5.41, 5.74) is 0.582. The van der Waals surface area contributed by atoms with Crippen LogP contribution in [-0.2, 0) is 4.79 Å². The molecule has 3 rings (SSSR count). The fraction of sp³-hybridized carbons (Fsp3) is 0.619. The van der Waals surface area contributed by atoms with Crippen LogP contribution in [0.5, 0.6) is 5.75 Å². The molecule has 0 radical (unpaired) electrons. The van der Waals surface area contributed by atoms with E-state index in [1.807, 2.05) is 0 Å². The van der Waals surface area contributed by atoms with E-state index >= 15 is 0 Å². The third-order valence-corrected chi connectivity index (χ3v) is 5.59. The van der Waals surface area contributed by atoms with Crippen LogP contribution in [0.3, 0.4) is 0 Å². The van der Waals surface area contributed by atoms with Crippen molar-refractivity contribution in [3.63, 3.8) is 0 Å².